The Morgan fingerprint density at radius 2 is 2.14 bits per heavy atom. The van der Waals surface area contributed by atoms with Crippen LogP contribution in [-0.2, 0) is 0 Å². The first kappa shape index (κ1) is 5.74. The summed E-state index contributed by atoms with van der Waals surface area (Å²) in [6.07, 6.45) is 2.88. The zero-order chi connectivity index (χ0) is 5.54. The van der Waals surface area contributed by atoms with Gasteiger partial charge in [0.1, 0.15) is 6.26 Å². The van der Waals surface area contributed by atoms with Crippen LogP contribution in [0.25, 0.3) is 0 Å². The number of hydrogen-bond acceptors (Lipinski definition) is 5. The van der Waals surface area contributed by atoms with Crippen LogP contribution in [0.1, 0.15) is 0 Å². The summed E-state index contributed by atoms with van der Waals surface area (Å²) in [5.41, 5.74) is 0. The largest absolute Gasteiger partial charge is 0.346 e. The minimum atomic E-state index is 1.40. The fourth-order valence-electron chi connectivity index (χ4n) is 0.136. The third kappa shape index (κ3) is 2.54. The van der Waals surface area contributed by atoms with Crippen molar-refractivity contribution >= 4 is 0 Å². The van der Waals surface area contributed by atoms with E-state index in [1.54, 1.807) is 0 Å². The molecule has 0 radical (unpaired) electrons. The van der Waals surface area contributed by atoms with Crippen molar-refractivity contribution in [2.24, 2.45) is 0 Å². The molecule has 0 amide bonds. The summed E-state index contributed by atoms with van der Waals surface area (Å²) in [5.74, 6) is 0. The van der Waals surface area contributed by atoms with Gasteiger partial charge >= 0.3 is 0 Å². The minimum Gasteiger partial charge on any atom is -0.346 e. The topological polar surface area (TPSA) is 73.1 Å². The van der Waals surface area contributed by atoms with Crippen LogP contribution in [0.4, 0.5) is 0 Å². The monoisotopic (exact) mass is 102 g/mol. The van der Waals surface area contributed by atoms with Gasteiger partial charge in [-0.1, -0.05) is 0 Å². The fourth-order valence-corrected chi connectivity index (χ4v) is 0.136. The lowest BCUT2D eigenvalue weighted by Gasteiger charge is -1.45. The van der Waals surface area contributed by atoms with Crippen LogP contribution in [0.5, 0.6) is 0 Å². The van der Waals surface area contributed by atoms with Gasteiger partial charge in [0.05, 0.1) is 6.20 Å². The van der Waals surface area contributed by atoms with Gasteiger partial charge in [-0.05, 0) is 0 Å². The highest BCUT2D eigenvalue weighted by Gasteiger charge is 1.61. The summed E-state index contributed by atoms with van der Waals surface area (Å²) in [5, 5.41) is 6.40. The van der Waals surface area contributed by atoms with Gasteiger partial charge in [0.25, 0.3) is 0 Å². The molecule has 7 heavy (non-hydrogen) atoms. The second kappa shape index (κ2) is 4.74. The molecule has 5 nitrogen and oxygen atoms in total. The molecule has 0 aromatic carbocycles. The highest BCUT2D eigenvalue weighted by atomic mass is 16.7. The van der Waals surface area contributed by atoms with Gasteiger partial charge in [0, 0.05) is 15.2 Å². The smallest absolute Gasteiger partial charge is 0.144 e. The van der Waals surface area contributed by atoms with Crippen LogP contribution in [0, 0.1) is 9.93 Å². The van der Waals surface area contributed by atoms with Gasteiger partial charge in [-0.15, -0.1) is 5.10 Å². The second-order valence-corrected chi connectivity index (χ2v) is 0.588. The van der Waals surface area contributed by atoms with E-state index in [0.717, 1.165) is 0 Å². The molecular formula is C2H2N2O3. The van der Waals surface area contributed by atoms with E-state index in [9.17, 15) is 0 Å². The van der Waals surface area contributed by atoms with Crippen molar-refractivity contribution in [3.8, 4) is 0 Å². The molecule has 5 heteroatoms. The molecule has 1 aromatic rings. The number of aromatic nitrogens is 2. The van der Waals surface area contributed by atoms with Gasteiger partial charge in [-0.2, -0.15) is 0 Å². The highest BCUT2D eigenvalue weighted by molar-refractivity contribution is 4.48. The summed E-state index contributed by atoms with van der Waals surface area (Å²) in [4.78, 5) is 14.0. The molecule has 0 spiro atoms. The average molecular weight is 102 g/mol. The zero-order valence-corrected chi connectivity index (χ0v) is 3.27. The molecule has 0 aliphatic rings. The van der Waals surface area contributed by atoms with Gasteiger partial charge in [-0.25, -0.2) is 0 Å². The van der Waals surface area contributed by atoms with Crippen LogP contribution in [-0.4, -0.2) is 10.4 Å². The lowest BCUT2D eigenvalue weighted by atomic mass is 11.0. The molecule has 1 rings (SSSR count). The molecule has 0 unspecified atom stereocenters. The Hall–Kier alpha value is -1.26. The Balaban J connectivity index is 0.000000162. The molecule has 1 heterocycles. The maximum atomic E-state index is 7.00. The summed E-state index contributed by atoms with van der Waals surface area (Å²) in [6, 6.07) is 0. The lowest BCUT2D eigenvalue weighted by molar-refractivity contribution is 0.393. The molecule has 0 aliphatic carbocycles. The van der Waals surface area contributed by atoms with Crippen molar-refractivity contribution in [1.29, 1.82) is 0 Å². The molecule has 0 saturated carbocycles. The molecule has 0 fully saturated rings. The molecule has 0 saturated heterocycles. The molecule has 1 aromatic heterocycles. The van der Waals surface area contributed by atoms with E-state index in [1.165, 1.54) is 12.5 Å². The number of nitrogens with zero attached hydrogens (tertiary/aromatic N) is 2. The molecule has 0 atom stereocenters. The van der Waals surface area contributed by atoms with Crippen LogP contribution in [0.15, 0.2) is 17.0 Å². The van der Waals surface area contributed by atoms with Crippen molar-refractivity contribution in [2.45, 2.75) is 0 Å². The summed E-state index contributed by atoms with van der Waals surface area (Å²) < 4.78 is 4.22. The normalized spacial score (nSPS) is 6.29. The van der Waals surface area contributed by atoms with Gasteiger partial charge < -0.3 is 4.52 Å². The maximum absolute atomic E-state index is 7.00. The van der Waals surface area contributed by atoms with Gasteiger partial charge in [-0.3, -0.25) is 0 Å². The Labute approximate surface area is 38.5 Å². The van der Waals surface area contributed by atoms with Crippen LogP contribution in [0.2, 0.25) is 0 Å². The summed E-state index contributed by atoms with van der Waals surface area (Å²) >= 11 is 0. The van der Waals surface area contributed by atoms with E-state index in [1.807, 2.05) is 0 Å². The number of hydrogen-bond donors (Lipinski definition) is 0. The molecular weight excluding hydrogens is 100 g/mol. The first-order chi connectivity index (χ1) is 3.50. The highest BCUT2D eigenvalue weighted by Crippen LogP contribution is 1.64. The maximum Gasteiger partial charge on any atom is 0.144 e. The van der Waals surface area contributed by atoms with Crippen molar-refractivity contribution in [3.63, 3.8) is 0 Å². The number of rotatable bonds is 0. The third-order valence-electron chi connectivity index (χ3n) is 0.283. The zero-order valence-electron chi connectivity index (χ0n) is 3.27. The summed E-state index contributed by atoms with van der Waals surface area (Å²) in [6.45, 7) is 0. The lowest BCUT2D eigenvalue weighted by Crippen LogP contribution is -1.53. The molecule has 0 aliphatic heterocycles. The third-order valence-corrected chi connectivity index (χ3v) is 0.283. The Morgan fingerprint density at radius 1 is 1.43 bits per heavy atom. The van der Waals surface area contributed by atoms with E-state index >= 15 is 0 Å². The van der Waals surface area contributed by atoms with Crippen LogP contribution >= 0.6 is 0 Å². The van der Waals surface area contributed by atoms with Crippen LogP contribution < -0.4 is 0 Å². The van der Waals surface area contributed by atoms with Gasteiger partial charge in [0.15, 0.2) is 0 Å². The Morgan fingerprint density at radius 3 is 2.29 bits per heavy atom. The standard InChI is InChI=1S/C2H2N2O.O2/c1-2-5-4-3-1;1-2/h1-2H;. The predicted octanol–water partition coefficient (Wildman–Crippen LogP) is 0.137. The molecule has 0 bridgehead atoms. The average Bonchev–Trinajstić information content (AvgIpc) is 2.23. The first-order valence-corrected chi connectivity index (χ1v) is 1.38. The van der Waals surface area contributed by atoms with E-state index in [-0.39, 0.29) is 0 Å². The quantitative estimate of drug-likeness (QED) is 0.465. The van der Waals surface area contributed by atoms with Crippen molar-refractivity contribution in [3.05, 3.63) is 22.4 Å². The van der Waals surface area contributed by atoms with Crippen molar-refractivity contribution in [2.75, 3.05) is 0 Å². The first-order valence-electron chi connectivity index (χ1n) is 1.38. The minimum absolute atomic E-state index is 1.40. The second-order valence-electron chi connectivity index (χ2n) is 0.588. The molecule has 38 valence electrons. The predicted molar refractivity (Wildman–Crippen MR) is 21.0 cm³/mol. The summed E-state index contributed by atoms with van der Waals surface area (Å²) in [7, 11) is 0. The Kier molecular flexibility index (Phi) is 3.89. The SMILES string of the molecule is O=O.c1conn1. The van der Waals surface area contributed by atoms with Crippen LogP contribution in [0.3, 0.4) is 0 Å². The van der Waals surface area contributed by atoms with E-state index in [4.69, 9.17) is 9.93 Å². The van der Waals surface area contributed by atoms with E-state index < -0.39 is 0 Å². The van der Waals surface area contributed by atoms with Crippen molar-refractivity contribution in [1.82, 2.24) is 10.4 Å². The van der Waals surface area contributed by atoms with E-state index in [2.05, 4.69) is 14.9 Å². The van der Waals surface area contributed by atoms with Crippen molar-refractivity contribution < 1.29 is 4.52 Å². The van der Waals surface area contributed by atoms with E-state index in [0.29, 0.717) is 0 Å². The van der Waals surface area contributed by atoms with Gasteiger partial charge in [0.2, 0.25) is 0 Å². The fraction of sp³-hybridized carbons (Fsp3) is 0. The Bertz CT molecular complexity index is 77.8. The molecule has 0 N–H and O–H groups in total.